The largest absolute Gasteiger partial charge is 0.432 e. The van der Waals surface area contributed by atoms with Gasteiger partial charge in [-0.3, -0.25) is 0 Å². The number of fused-ring (bicyclic) bond motifs is 1. The van der Waals surface area contributed by atoms with Crippen LogP contribution in [0.4, 0.5) is 6.01 Å². The molecule has 0 saturated heterocycles. The molecule has 0 amide bonds. The number of rotatable bonds is 5. The lowest BCUT2D eigenvalue weighted by atomic mass is 10.0. The van der Waals surface area contributed by atoms with E-state index < -0.39 is 0 Å². The Morgan fingerprint density at radius 2 is 2.45 bits per heavy atom. The average molecular weight is 291 g/mol. The van der Waals surface area contributed by atoms with Gasteiger partial charge in [0.1, 0.15) is 6.26 Å². The second kappa shape index (κ2) is 5.97. The molecule has 0 saturated carbocycles. The lowest BCUT2D eigenvalue weighted by Gasteiger charge is -2.32. The van der Waals surface area contributed by atoms with Gasteiger partial charge in [0, 0.05) is 18.0 Å². The van der Waals surface area contributed by atoms with Crippen molar-refractivity contribution in [3.05, 3.63) is 33.8 Å². The molecule has 2 aromatic heterocycles. The van der Waals surface area contributed by atoms with Crippen LogP contribution < -0.4 is 10.2 Å². The van der Waals surface area contributed by atoms with E-state index in [0.717, 1.165) is 44.2 Å². The van der Waals surface area contributed by atoms with Crippen molar-refractivity contribution in [2.45, 2.75) is 39.3 Å². The van der Waals surface area contributed by atoms with Gasteiger partial charge in [0.15, 0.2) is 0 Å². The first-order valence-electron chi connectivity index (χ1n) is 7.27. The van der Waals surface area contributed by atoms with Gasteiger partial charge in [0.2, 0.25) is 0 Å². The van der Waals surface area contributed by atoms with Gasteiger partial charge in [-0.05, 0) is 43.3 Å². The third-order valence-electron chi connectivity index (χ3n) is 3.80. The van der Waals surface area contributed by atoms with E-state index in [0.29, 0.717) is 6.04 Å². The number of anilines is 1. The fraction of sp³-hybridized carbons (Fsp3) is 0.533. The molecule has 3 heterocycles. The van der Waals surface area contributed by atoms with E-state index >= 15 is 0 Å². The molecule has 4 nitrogen and oxygen atoms in total. The maximum Gasteiger partial charge on any atom is 0.297 e. The predicted octanol–water partition coefficient (Wildman–Crippen LogP) is 3.36. The zero-order valence-corrected chi connectivity index (χ0v) is 12.9. The van der Waals surface area contributed by atoms with Crippen molar-refractivity contribution in [3.8, 4) is 0 Å². The maximum atomic E-state index is 5.68. The summed E-state index contributed by atoms with van der Waals surface area (Å²) >= 11 is 1.86. The quantitative estimate of drug-likeness (QED) is 0.858. The molecule has 0 aromatic carbocycles. The number of hydrogen-bond acceptors (Lipinski definition) is 5. The number of hydrogen-bond donors (Lipinski definition) is 1. The molecule has 5 heteroatoms. The lowest BCUT2D eigenvalue weighted by molar-refractivity contribution is 0.497. The summed E-state index contributed by atoms with van der Waals surface area (Å²) in [5.41, 5.74) is 2.40. The SMILES string of the molecule is CCCNCc1coc(N2CCc3sccc3C2C)n1. The van der Waals surface area contributed by atoms with E-state index in [9.17, 15) is 0 Å². The molecule has 108 valence electrons. The molecule has 1 aliphatic heterocycles. The van der Waals surface area contributed by atoms with Crippen molar-refractivity contribution in [3.63, 3.8) is 0 Å². The Morgan fingerprint density at radius 3 is 3.30 bits per heavy atom. The van der Waals surface area contributed by atoms with Gasteiger partial charge in [-0.15, -0.1) is 11.3 Å². The maximum absolute atomic E-state index is 5.68. The van der Waals surface area contributed by atoms with Crippen molar-refractivity contribution >= 4 is 17.4 Å². The highest BCUT2D eigenvalue weighted by Crippen LogP contribution is 2.35. The van der Waals surface area contributed by atoms with Crippen molar-refractivity contribution in [1.29, 1.82) is 0 Å². The Bertz CT molecular complexity index is 563. The Labute approximate surface area is 123 Å². The zero-order valence-electron chi connectivity index (χ0n) is 12.1. The smallest absolute Gasteiger partial charge is 0.297 e. The molecule has 1 unspecified atom stereocenters. The van der Waals surface area contributed by atoms with Gasteiger partial charge < -0.3 is 14.6 Å². The molecule has 1 atom stereocenters. The minimum atomic E-state index is 0.347. The van der Waals surface area contributed by atoms with Crippen LogP contribution in [0, 0.1) is 0 Å². The first-order chi connectivity index (χ1) is 9.79. The molecule has 1 N–H and O–H groups in total. The first kappa shape index (κ1) is 13.6. The van der Waals surface area contributed by atoms with Crippen molar-refractivity contribution in [2.24, 2.45) is 0 Å². The third-order valence-corrected chi connectivity index (χ3v) is 4.79. The van der Waals surface area contributed by atoms with Crippen LogP contribution in [0.15, 0.2) is 22.1 Å². The molecule has 0 bridgehead atoms. The molecular weight excluding hydrogens is 270 g/mol. The normalized spacial score (nSPS) is 18.3. The van der Waals surface area contributed by atoms with Gasteiger partial charge in [-0.2, -0.15) is 4.98 Å². The van der Waals surface area contributed by atoms with Crippen LogP contribution in [0.25, 0.3) is 0 Å². The van der Waals surface area contributed by atoms with E-state index in [-0.39, 0.29) is 0 Å². The highest BCUT2D eigenvalue weighted by molar-refractivity contribution is 7.10. The topological polar surface area (TPSA) is 41.3 Å². The van der Waals surface area contributed by atoms with Crippen LogP contribution in [0.2, 0.25) is 0 Å². The van der Waals surface area contributed by atoms with E-state index in [2.05, 4.69) is 40.5 Å². The van der Waals surface area contributed by atoms with Gasteiger partial charge in [0.25, 0.3) is 6.01 Å². The zero-order chi connectivity index (χ0) is 13.9. The Balaban J connectivity index is 1.71. The fourth-order valence-corrected chi connectivity index (χ4v) is 3.64. The summed E-state index contributed by atoms with van der Waals surface area (Å²) in [4.78, 5) is 8.38. The predicted molar refractivity (Wildman–Crippen MR) is 82.3 cm³/mol. The van der Waals surface area contributed by atoms with E-state index in [4.69, 9.17) is 4.42 Å². The summed E-state index contributed by atoms with van der Waals surface area (Å²) in [6.45, 7) is 7.17. The molecule has 0 aliphatic carbocycles. The lowest BCUT2D eigenvalue weighted by Crippen LogP contribution is -2.33. The second-order valence-electron chi connectivity index (χ2n) is 5.22. The first-order valence-corrected chi connectivity index (χ1v) is 8.15. The number of oxazole rings is 1. The molecule has 0 spiro atoms. The van der Waals surface area contributed by atoms with E-state index in [1.54, 1.807) is 6.26 Å². The Morgan fingerprint density at radius 1 is 1.55 bits per heavy atom. The highest BCUT2D eigenvalue weighted by atomic mass is 32.1. The second-order valence-corrected chi connectivity index (χ2v) is 6.22. The average Bonchev–Trinajstić information content (AvgIpc) is 3.08. The molecule has 20 heavy (non-hydrogen) atoms. The number of aromatic nitrogens is 1. The Hall–Kier alpha value is -1.33. The van der Waals surface area contributed by atoms with Crippen molar-refractivity contribution < 1.29 is 4.42 Å². The van der Waals surface area contributed by atoms with Crippen LogP contribution in [-0.4, -0.2) is 18.1 Å². The third kappa shape index (κ3) is 2.60. The summed E-state index contributed by atoms with van der Waals surface area (Å²) in [5, 5.41) is 5.53. The summed E-state index contributed by atoms with van der Waals surface area (Å²) in [6, 6.07) is 3.33. The summed E-state index contributed by atoms with van der Waals surface area (Å²) in [6.07, 6.45) is 3.99. The Kier molecular flexibility index (Phi) is 4.08. The van der Waals surface area contributed by atoms with E-state index in [1.807, 2.05) is 11.3 Å². The molecule has 0 fully saturated rings. The van der Waals surface area contributed by atoms with Gasteiger partial charge in [-0.25, -0.2) is 0 Å². The molecule has 3 rings (SSSR count). The van der Waals surface area contributed by atoms with Crippen LogP contribution in [0.5, 0.6) is 0 Å². The monoisotopic (exact) mass is 291 g/mol. The summed E-state index contributed by atoms with van der Waals surface area (Å²) < 4.78 is 5.68. The van der Waals surface area contributed by atoms with Crippen LogP contribution in [0.1, 0.15) is 42.4 Å². The fourth-order valence-electron chi connectivity index (χ4n) is 2.67. The van der Waals surface area contributed by atoms with Crippen LogP contribution in [0.3, 0.4) is 0 Å². The molecular formula is C15H21N3OS. The van der Waals surface area contributed by atoms with E-state index in [1.165, 1.54) is 10.4 Å². The van der Waals surface area contributed by atoms with Crippen LogP contribution in [-0.2, 0) is 13.0 Å². The highest BCUT2D eigenvalue weighted by Gasteiger charge is 2.27. The number of nitrogens with one attached hydrogen (secondary N) is 1. The standard InChI is InChI=1S/C15H21N3OS/c1-3-6-16-9-12-10-19-15(17-12)18-7-4-14-13(11(18)2)5-8-20-14/h5,8,10-11,16H,3-4,6-7,9H2,1-2H3. The summed E-state index contributed by atoms with van der Waals surface area (Å²) in [7, 11) is 0. The number of thiophene rings is 1. The van der Waals surface area contributed by atoms with Crippen molar-refractivity contribution in [1.82, 2.24) is 10.3 Å². The minimum Gasteiger partial charge on any atom is -0.432 e. The molecule has 1 aliphatic rings. The molecule has 0 radical (unpaired) electrons. The van der Waals surface area contributed by atoms with Gasteiger partial charge in [0.05, 0.1) is 11.7 Å². The van der Waals surface area contributed by atoms with Crippen molar-refractivity contribution in [2.75, 3.05) is 18.0 Å². The number of nitrogens with zero attached hydrogens (tertiary/aromatic N) is 2. The summed E-state index contributed by atoms with van der Waals surface area (Å²) in [5.74, 6) is 0. The minimum absolute atomic E-state index is 0.347. The molecule has 2 aromatic rings. The van der Waals surface area contributed by atoms with Crippen LogP contribution >= 0.6 is 11.3 Å². The van der Waals surface area contributed by atoms with Gasteiger partial charge in [-0.1, -0.05) is 6.92 Å². The van der Waals surface area contributed by atoms with Gasteiger partial charge >= 0.3 is 0 Å².